The third-order valence-corrected chi connectivity index (χ3v) is 7.89. The summed E-state index contributed by atoms with van der Waals surface area (Å²) in [5, 5.41) is 5.13. The second-order valence-electron chi connectivity index (χ2n) is 9.10. The molecule has 0 saturated carbocycles. The number of nitrogens with one attached hydrogen (secondary N) is 1. The number of carbonyl (C=O) groups is 2. The summed E-state index contributed by atoms with van der Waals surface area (Å²) in [5.41, 5.74) is 3.31. The molecule has 3 heterocycles. The fourth-order valence-corrected chi connectivity index (χ4v) is 6.09. The highest BCUT2D eigenvalue weighted by atomic mass is 32.1. The molecular weight excluding hydrogens is 458 g/mol. The highest BCUT2D eigenvalue weighted by molar-refractivity contribution is 7.10. The molecular formula is C28H31N3O3S. The molecule has 2 aliphatic heterocycles. The van der Waals surface area contributed by atoms with E-state index in [0.717, 1.165) is 29.2 Å². The summed E-state index contributed by atoms with van der Waals surface area (Å²) in [6.07, 6.45) is 3.74. The Morgan fingerprint density at radius 3 is 2.51 bits per heavy atom. The molecule has 0 spiro atoms. The maximum Gasteiger partial charge on any atom is 0.254 e. The number of carbonyl (C=O) groups excluding carboxylic acids is 2. The number of benzene rings is 2. The van der Waals surface area contributed by atoms with Gasteiger partial charge in [0.15, 0.2) is 0 Å². The van der Waals surface area contributed by atoms with Crippen LogP contribution in [-0.4, -0.2) is 50.1 Å². The fourth-order valence-electron chi connectivity index (χ4n) is 5.21. The molecule has 0 radical (unpaired) electrons. The van der Waals surface area contributed by atoms with Gasteiger partial charge in [0.2, 0.25) is 5.91 Å². The van der Waals surface area contributed by atoms with E-state index in [4.69, 9.17) is 4.74 Å². The molecule has 1 fully saturated rings. The van der Waals surface area contributed by atoms with Crippen LogP contribution < -0.4 is 10.2 Å². The molecule has 182 valence electrons. The molecule has 2 unspecified atom stereocenters. The molecule has 0 aliphatic carbocycles. The lowest BCUT2D eigenvalue weighted by Gasteiger charge is -2.41. The number of hydrogen-bond donors (Lipinski definition) is 1. The molecule has 2 atom stereocenters. The zero-order chi connectivity index (χ0) is 24.2. The number of anilines is 2. The third kappa shape index (κ3) is 4.83. The Morgan fingerprint density at radius 2 is 1.80 bits per heavy atom. The quantitative estimate of drug-likeness (QED) is 0.489. The predicted octanol–water partition coefficient (Wildman–Crippen LogP) is 5.30. The van der Waals surface area contributed by atoms with Crippen molar-refractivity contribution in [2.75, 3.05) is 43.6 Å². The SMILES string of the molecule is COCCN1C(=O)c2ccccc2C(C(=O)Nc2ccc(N3CCCCC3)cc2)C1c1cccs1. The maximum absolute atomic E-state index is 13.9. The molecule has 6 nitrogen and oxygen atoms in total. The summed E-state index contributed by atoms with van der Waals surface area (Å²) >= 11 is 1.57. The molecule has 1 aromatic heterocycles. The zero-order valence-corrected chi connectivity index (χ0v) is 20.8. The van der Waals surface area contributed by atoms with Crippen molar-refractivity contribution in [2.45, 2.75) is 31.2 Å². The summed E-state index contributed by atoms with van der Waals surface area (Å²) in [5.74, 6) is -0.705. The van der Waals surface area contributed by atoms with Crippen molar-refractivity contribution < 1.29 is 14.3 Å². The van der Waals surface area contributed by atoms with Crippen LogP contribution in [0.25, 0.3) is 0 Å². The van der Waals surface area contributed by atoms with Gasteiger partial charge < -0.3 is 19.9 Å². The summed E-state index contributed by atoms with van der Waals surface area (Å²) in [6.45, 7) is 2.99. The first kappa shape index (κ1) is 23.6. The average molecular weight is 490 g/mol. The van der Waals surface area contributed by atoms with Gasteiger partial charge in [0.25, 0.3) is 5.91 Å². The van der Waals surface area contributed by atoms with Gasteiger partial charge in [-0.05, 0) is 66.6 Å². The summed E-state index contributed by atoms with van der Waals surface area (Å²) in [6, 6.07) is 19.2. The maximum atomic E-state index is 13.9. The molecule has 2 amide bonds. The summed E-state index contributed by atoms with van der Waals surface area (Å²) < 4.78 is 5.30. The minimum atomic E-state index is -0.527. The van der Waals surface area contributed by atoms with Gasteiger partial charge in [-0.3, -0.25) is 9.59 Å². The van der Waals surface area contributed by atoms with E-state index in [0.29, 0.717) is 18.7 Å². The molecule has 2 aliphatic rings. The number of ether oxygens (including phenoxy) is 1. The number of fused-ring (bicyclic) bond motifs is 1. The van der Waals surface area contributed by atoms with E-state index in [1.54, 1.807) is 23.3 Å². The predicted molar refractivity (Wildman–Crippen MR) is 140 cm³/mol. The number of amides is 2. The van der Waals surface area contributed by atoms with Crippen molar-refractivity contribution in [2.24, 2.45) is 0 Å². The van der Waals surface area contributed by atoms with E-state index < -0.39 is 5.92 Å². The standard InChI is InChI=1S/C28H31N3O3S/c1-34-18-17-31-26(24-10-7-19-35-24)25(22-8-3-4-9-23(22)28(31)33)27(32)29-20-11-13-21(14-12-20)30-15-5-2-6-16-30/h3-4,7-14,19,25-26H,2,5-6,15-18H2,1H3,(H,29,32). The van der Waals surface area contributed by atoms with Crippen LogP contribution in [0.4, 0.5) is 11.4 Å². The highest BCUT2D eigenvalue weighted by Gasteiger charge is 2.44. The van der Waals surface area contributed by atoms with Crippen LogP contribution in [0, 0.1) is 0 Å². The lowest BCUT2D eigenvalue weighted by Crippen LogP contribution is -2.47. The van der Waals surface area contributed by atoms with Gasteiger partial charge in [0.1, 0.15) is 0 Å². The third-order valence-electron chi connectivity index (χ3n) is 6.95. The largest absolute Gasteiger partial charge is 0.383 e. The topological polar surface area (TPSA) is 61.9 Å². The lowest BCUT2D eigenvalue weighted by molar-refractivity contribution is -0.119. The zero-order valence-electron chi connectivity index (χ0n) is 20.0. The number of hydrogen-bond acceptors (Lipinski definition) is 5. The first-order valence-corrected chi connectivity index (χ1v) is 13.1. The molecule has 35 heavy (non-hydrogen) atoms. The van der Waals surface area contributed by atoms with Gasteiger partial charge in [-0.25, -0.2) is 0 Å². The lowest BCUT2D eigenvalue weighted by atomic mass is 9.81. The smallest absolute Gasteiger partial charge is 0.254 e. The number of nitrogens with zero attached hydrogens (tertiary/aromatic N) is 2. The van der Waals surface area contributed by atoms with Gasteiger partial charge in [-0.2, -0.15) is 0 Å². The Balaban J connectivity index is 1.46. The van der Waals surface area contributed by atoms with E-state index in [1.807, 2.05) is 53.9 Å². The van der Waals surface area contributed by atoms with Crippen LogP contribution in [-0.2, 0) is 9.53 Å². The highest BCUT2D eigenvalue weighted by Crippen LogP contribution is 2.44. The van der Waals surface area contributed by atoms with Gasteiger partial charge >= 0.3 is 0 Å². The Labute approximate surface area is 210 Å². The van der Waals surface area contributed by atoms with E-state index in [-0.39, 0.29) is 17.9 Å². The Morgan fingerprint density at radius 1 is 1.03 bits per heavy atom. The van der Waals surface area contributed by atoms with Gasteiger partial charge in [-0.1, -0.05) is 24.3 Å². The van der Waals surface area contributed by atoms with Gasteiger partial charge in [0, 0.05) is 48.6 Å². The average Bonchev–Trinajstić information content (AvgIpc) is 3.43. The number of piperidine rings is 1. The van der Waals surface area contributed by atoms with E-state index in [9.17, 15) is 9.59 Å². The van der Waals surface area contributed by atoms with E-state index in [1.165, 1.54) is 24.9 Å². The van der Waals surface area contributed by atoms with Crippen molar-refractivity contribution >= 4 is 34.5 Å². The number of thiophene rings is 1. The molecule has 1 saturated heterocycles. The normalized spacial score (nSPS) is 20.0. The first-order valence-electron chi connectivity index (χ1n) is 12.3. The Kier molecular flexibility index (Phi) is 7.16. The Hall–Kier alpha value is -3.16. The van der Waals surface area contributed by atoms with Crippen molar-refractivity contribution in [3.8, 4) is 0 Å². The van der Waals surface area contributed by atoms with Crippen LogP contribution in [0.5, 0.6) is 0 Å². The first-order chi connectivity index (χ1) is 17.2. The fraction of sp³-hybridized carbons (Fsp3) is 0.357. The molecule has 5 rings (SSSR count). The van der Waals surface area contributed by atoms with Crippen LogP contribution in [0.1, 0.15) is 52.0 Å². The molecule has 2 aromatic carbocycles. The van der Waals surface area contributed by atoms with Gasteiger partial charge in [0.05, 0.1) is 18.6 Å². The van der Waals surface area contributed by atoms with Crippen molar-refractivity contribution in [1.29, 1.82) is 0 Å². The van der Waals surface area contributed by atoms with E-state index in [2.05, 4.69) is 22.3 Å². The number of rotatable bonds is 7. The van der Waals surface area contributed by atoms with Crippen molar-refractivity contribution in [1.82, 2.24) is 4.90 Å². The van der Waals surface area contributed by atoms with E-state index >= 15 is 0 Å². The molecule has 7 heteroatoms. The number of methoxy groups -OCH3 is 1. The molecule has 3 aromatic rings. The van der Waals surface area contributed by atoms with Gasteiger partial charge in [-0.15, -0.1) is 11.3 Å². The summed E-state index contributed by atoms with van der Waals surface area (Å²) in [7, 11) is 1.63. The van der Waals surface area contributed by atoms with Crippen LogP contribution in [0.15, 0.2) is 66.0 Å². The van der Waals surface area contributed by atoms with Crippen LogP contribution in [0.2, 0.25) is 0 Å². The minimum absolute atomic E-state index is 0.0639. The van der Waals surface area contributed by atoms with Crippen LogP contribution >= 0.6 is 11.3 Å². The van der Waals surface area contributed by atoms with Crippen molar-refractivity contribution in [3.63, 3.8) is 0 Å². The second-order valence-corrected chi connectivity index (χ2v) is 10.1. The second kappa shape index (κ2) is 10.6. The van der Waals surface area contributed by atoms with Crippen molar-refractivity contribution in [3.05, 3.63) is 82.0 Å². The molecule has 0 bridgehead atoms. The monoisotopic (exact) mass is 489 g/mol. The summed E-state index contributed by atoms with van der Waals surface area (Å²) in [4.78, 5) is 32.5. The molecule has 1 N–H and O–H groups in total. The van der Waals surface area contributed by atoms with Crippen LogP contribution in [0.3, 0.4) is 0 Å². The minimum Gasteiger partial charge on any atom is -0.383 e. The Bertz CT molecular complexity index is 1160.